The van der Waals surface area contributed by atoms with E-state index in [4.69, 9.17) is 0 Å². The van der Waals surface area contributed by atoms with Crippen molar-refractivity contribution in [2.45, 2.75) is 32.7 Å². The van der Waals surface area contributed by atoms with Crippen molar-refractivity contribution in [2.24, 2.45) is 0 Å². The lowest BCUT2D eigenvalue weighted by atomic mass is 10.3. The lowest BCUT2D eigenvalue weighted by Gasteiger charge is -2.15. The van der Waals surface area contributed by atoms with Crippen LogP contribution in [-0.4, -0.2) is 38.6 Å². The number of hydrogen-bond acceptors (Lipinski definition) is 4. The summed E-state index contributed by atoms with van der Waals surface area (Å²) in [6.45, 7) is 3.70. The van der Waals surface area contributed by atoms with E-state index < -0.39 is 4.92 Å². The summed E-state index contributed by atoms with van der Waals surface area (Å²) in [5, 5.41) is 14.6. The van der Waals surface area contributed by atoms with Crippen LogP contribution in [0.3, 0.4) is 0 Å². The number of rotatable bonds is 4. The largest absolute Gasteiger partial charge is 0.343 e. The molecule has 0 saturated carbocycles. The van der Waals surface area contributed by atoms with Gasteiger partial charge in [-0.2, -0.15) is 5.10 Å². The third-order valence-electron chi connectivity index (χ3n) is 3.27. The molecule has 1 aliphatic heterocycles. The molecule has 1 aliphatic rings. The minimum Gasteiger partial charge on any atom is -0.343 e. The van der Waals surface area contributed by atoms with Crippen molar-refractivity contribution in [2.75, 3.05) is 13.1 Å². The number of nitro groups is 1. The molecular weight excluding hydrogens is 236 g/mol. The van der Waals surface area contributed by atoms with Gasteiger partial charge < -0.3 is 4.90 Å². The van der Waals surface area contributed by atoms with E-state index in [1.54, 1.807) is 6.92 Å². The number of hydrogen-bond donors (Lipinski definition) is 0. The highest BCUT2D eigenvalue weighted by molar-refractivity contribution is 5.76. The van der Waals surface area contributed by atoms with Crippen LogP contribution in [0.25, 0.3) is 0 Å². The van der Waals surface area contributed by atoms with Crippen LogP contribution in [-0.2, 0) is 11.3 Å². The maximum Gasteiger partial charge on any atom is 0.309 e. The molecule has 18 heavy (non-hydrogen) atoms. The Balaban J connectivity index is 1.93. The molecule has 7 heteroatoms. The lowest BCUT2D eigenvalue weighted by Crippen LogP contribution is -2.28. The Labute approximate surface area is 105 Å². The first kappa shape index (κ1) is 12.5. The fourth-order valence-corrected chi connectivity index (χ4v) is 2.17. The van der Waals surface area contributed by atoms with Gasteiger partial charge in [0.05, 0.1) is 11.5 Å². The van der Waals surface area contributed by atoms with Crippen LogP contribution in [0.4, 0.5) is 5.69 Å². The number of likely N-dealkylation sites (tertiary alicyclic amines) is 1. The third kappa shape index (κ3) is 2.49. The second-order valence-electron chi connectivity index (χ2n) is 4.43. The van der Waals surface area contributed by atoms with E-state index >= 15 is 0 Å². The summed E-state index contributed by atoms with van der Waals surface area (Å²) in [4.78, 5) is 23.9. The zero-order chi connectivity index (χ0) is 13.1. The zero-order valence-electron chi connectivity index (χ0n) is 10.3. The minimum atomic E-state index is -0.457. The summed E-state index contributed by atoms with van der Waals surface area (Å²) in [5.74, 6) is 0.102. The summed E-state index contributed by atoms with van der Waals surface area (Å²) in [6.07, 6.45) is 3.71. The molecule has 2 heterocycles. The summed E-state index contributed by atoms with van der Waals surface area (Å²) < 4.78 is 1.52. The van der Waals surface area contributed by atoms with Crippen LogP contribution in [0.5, 0.6) is 0 Å². The van der Waals surface area contributed by atoms with Crippen molar-refractivity contribution >= 4 is 11.6 Å². The quantitative estimate of drug-likeness (QED) is 0.593. The van der Waals surface area contributed by atoms with Crippen LogP contribution in [0.1, 0.15) is 25.0 Å². The van der Waals surface area contributed by atoms with E-state index in [0.29, 0.717) is 18.7 Å². The first-order chi connectivity index (χ1) is 8.59. The highest BCUT2D eigenvalue weighted by Crippen LogP contribution is 2.17. The van der Waals surface area contributed by atoms with Crippen molar-refractivity contribution in [3.05, 3.63) is 22.0 Å². The second-order valence-corrected chi connectivity index (χ2v) is 4.43. The molecule has 1 fully saturated rings. The minimum absolute atomic E-state index is 0.00335. The number of carbonyl (C=O) groups is 1. The molecule has 0 radical (unpaired) electrons. The van der Waals surface area contributed by atoms with E-state index in [9.17, 15) is 14.9 Å². The molecule has 0 spiro atoms. The van der Waals surface area contributed by atoms with Crippen molar-refractivity contribution < 1.29 is 9.72 Å². The second kappa shape index (κ2) is 5.16. The molecule has 1 saturated heterocycles. The fraction of sp³-hybridized carbons (Fsp3) is 0.636. The van der Waals surface area contributed by atoms with Crippen LogP contribution < -0.4 is 0 Å². The standard InChI is InChI=1S/C11H16N4O3/c1-9-10(15(17)18)8-12-14(9)7-4-11(16)13-5-2-3-6-13/h8H,2-7H2,1H3. The highest BCUT2D eigenvalue weighted by atomic mass is 16.6. The van der Waals surface area contributed by atoms with Gasteiger partial charge in [0.25, 0.3) is 0 Å². The van der Waals surface area contributed by atoms with E-state index in [0.717, 1.165) is 25.9 Å². The fourth-order valence-electron chi connectivity index (χ4n) is 2.17. The van der Waals surface area contributed by atoms with Gasteiger partial charge in [0, 0.05) is 19.5 Å². The van der Waals surface area contributed by atoms with Gasteiger partial charge in [-0.05, 0) is 19.8 Å². The molecule has 0 bridgehead atoms. The molecule has 7 nitrogen and oxygen atoms in total. The topological polar surface area (TPSA) is 81.3 Å². The van der Waals surface area contributed by atoms with Gasteiger partial charge in [0.2, 0.25) is 5.91 Å². The molecule has 0 aliphatic carbocycles. The zero-order valence-corrected chi connectivity index (χ0v) is 10.3. The maximum atomic E-state index is 11.8. The van der Waals surface area contributed by atoms with Gasteiger partial charge in [-0.1, -0.05) is 0 Å². The van der Waals surface area contributed by atoms with Crippen LogP contribution in [0.2, 0.25) is 0 Å². The van der Waals surface area contributed by atoms with Gasteiger partial charge in [-0.15, -0.1) is 0 Å². The maximum absolute atomic E-state index is 11.8. The Morgan fingerprint density at radius 3 is 2.72 bits per heavy atom. The number of carbonyl (C=O) groups excluding carboxylic acids is 1. The first-order valence-electron chi connectivity index (χ1n) is 6.04. The van der Waals surface area contributed by atoms with E-state index in [-0.39, 0.29) is 11.6 Å². The van der Waals surface area contributed by atoms with Crippen molar-refractivity contribution in [1.82, 2.24) is 14.7 Å². The third-order valence-corrected chi connectivity index (χ3v) is 3.27. The molecule has 0 atom stereocenters. The Hall–Kier alpha value is -1.92. The van der Waals surface area contributed by atoms with Crippen molar-refractivity contribution in [3.63, 3.8) is 0 Å². The monoisotopic (exact) mass is 252 g/mol. The summed E-state index contributed by atoms with van der Waals surface area (Å²) in [6, 6.07) is 0. The van der Waals surface area contributed by atoms with Gasteiger partial charge in [-0.25, -0.2) is 0 Å². The summed E-state index contributed by atoms with van der Waals surface area (Å²) in [5.41, 5.74) is 0.498. The van der Waals surface area contributed by atoms with E-state index in [1.807, 2.05) is 4.90 Å². The van der Waals surface area contributed by atoms with Gasteiger partial charge in [0.15, 0.2) is 0 Å². The summed E-state index contributed by atoms with van der Waals surface area (Å²) in [7, 11) is 0. The van der Waals surface area contributed by atoms with Crippen molar-refractivity contribution in [1.29, 1.82) is 0 Å². The number of nitrogens with zero attached hydrogens (tertiary/aromatic N) is 4. The highest BCUT2D eigenvalue weighted by Gasteiger charge is 2.20. The van der Waals surface area contributed by atoms with Crippen molar-refractivity contribution in [3.8, 4) is 0 Å². The average molecular weight is 252 g/mol. The van der Waals surface area contributed by atoms with E-state index in [2.05, 4.69) is 5.10 Å². The first-order valence-corrected chi connectivity index (χ1v) is 6.04. The normalized spacial score (nSPS) is 15.1. The molecule has 0 unspecified atom stereocenters. The Morgan fingerprint density at radius 1 is 1.50 bits per heavy atom. The number of aryl methyl sites for hydroxylation is 1. The molecule has 1 aromatic heterocycles. The molecule has 0 aromatic carbocycles. The average Bonchev–Trinajstić information content (AvgIpc) is 2.95. The van der Waals surface area contributed by atoms with Crippen LogP contribution in [0.15, 0.2) is 6.20 Å². The SMILES string of the molecule is Cc1c([N+](=O)[O-])cnn1CCC(=O)N1CCCC1. The van der Waals surface area contributed by atoms with Gasteiger partial charge >= 0.3 is 5.69 Å². The summed E-state index contributed by atoms with van der Waals surface area (Å²) >= 11 is 0. The smallest absolute Gasteiger partial charge is 0.309 e. The van der Waals surface area contributed by atoms with Crippen LogP contribution in [0, 0.1) is 17.0 Å². The Kier molecular flexibility index (Phi) is 3.59. The van der Waals surface area contributed by atoms with Crippen LogP contribution >= 0.6 is 0 Å². The molecule has 1 amide bonds. The van der Waals surface area contributed by atoms with Gasteiger partial charge in [0.1, 0.15) is 11.9 Å². The number of amides is 1. The van der Waals surface area contributed by atoms with Gasteiger partial charge in [-0.3, -0.25) is 19.6 Å². The van der Waals surface area contributed by atoms with E-state index in [1.165, 1.54) is 10.9 Å². The lowest BCUT2D eigenvalue weighted by molar-refractivity contribution is -0.385. The Bertz CT molecular complexity index is 463. The molecule has 0 N–H and O–H groups in total. The molecule has 98 valence electrons. The number of aromatic nitrogens is 2. The Morgan fingerprint density at radius 2 is 2.17 bits per heavy atom. The molecule has 1 aromatic rings. The molecular formula is C11H16N4O3. The molecule has 2 rings (SSSR count). The predicted molar refractivity (Wildman–Crippen MR) is 64.0 cm³/mol. The predicted octanol–water partition coefficient (Wildman–Crippen LogP) is 1.11.